The molecule has 1 aliphatic heterocycles. The zero-order valence-electron chi connectivity index (χ0n) is 22.1. The molecule has 0 bridgehead atoms. The van der Waals surface area contributed by atoms with Crippen LogP contribution in [0.3, 0.4) is 0 Å². The Bertz CT molecular complexity index is 1330. The normalized spacial score (nSPS) is 16.4. The molecular formula is C31H32N2O6. The lowest BCUT2D eigenvalue weighted by molar-refractivity contribution is -0.140. The Morgan fingerprint density at radius 3 is 2.23 bits per heavy atom. The van der Waals surface area contributed by atoms with Gasteiger partial charge in [0.2, 0.25) is 0 Å². The maximum atomic E-state index is 13.3. The van der Waals surface area contributed by atoms with Crippen LogP contribution in [0.2, 0.25) is 0 Å². The number of likely N-dealkylation sites (tertiary alicyclic amines) is 1. The lowest BCUT2D eigenvalue weighted by Gasteiger charge is -2.25. The fraction of sp³-hybridized carbons (Fsp3) is 0.290. The van der Waals surface area contributed by atoms with Gasteiger partial charge in [-0.15, -0.1) is 0 Å². The molecule has 2 aromatic carbocycles. The smallest absolute Gasteiger partial charge is 0.338 e. The quantitative estimate of drug-likeness (QED) is 0.116. The van der Waals surface area contributed by atoms with E-state index in [9.17, 15) is 19.5 Å². The summed E-state index contributed by atoms with van der Waals surface area (Å²) in [4.78, 5) is 44.0. The molecule has 1 aliphatic rings. The number of aromatic nitrogens is 1. The van der Waals surface area contributed by atoms with Crippen LogP contribution in [0.15, 0.2) is 78.6 Å². The van der Waals surface area contributed by atoms with Crippen molar-refractivity contribution in [3.05, 3.63) is 101 Å². The van der Waals surface area contributed by atoms with Crippen LogP contribution >= 0.6 is 0 Å². The standard InChI is InChI=1S/C31H32N2O6/c1-3-5-6-19-39-25-13-11-23(12-14-25)28(34)26-27(22-15-17-32-18-16-22)33(30(36)29(26)35)20-21-7-9-24(10-8-21)31(37)38-4-2/h7-18,27,34H,3-6,19-20H2,1-2H3/b28-26+. The van der Waals surface area contributed by atoms with Gasteiger partial charge in [0.05, 0.1) is 30.4 Å². The highest BCUT2D eigenvalue weighted by molar-refractivity contribution is 6.46. The molecule has 1 fully saturated rings. The number of pyridine rings is 1. The molecule has 39 heavy (non-hydrogen) atoms. The Kier molecular flexibility index (Phi) is 9.10. The molecular weight excluding hydrogens is 496 g/mol. The van der Waals surface area contributed by atoms with Gasteiger partial charge in [-0.3, -0.25) is 14.6 Å². The average Bonchev–Trinajstić information content (AvgIpc) is 3.21. The Morgan fingerprint density at radius 2 is 1.59 bits per heavy atom. The zero-order chi connectivity index (χ0) is 27.8. The van der Waals surface area contributed by atoms with E-state index >= 15 is 0 Å². The molecule has 8 nitrogen and oxygen atoms in total. The van der Waals surface area contributed by atoms with E-state index in [0.717, 1.165) is 19.3 Å². The van der Waals surface area contributed by atoms with Gasteiger partial charge in [0, 0.05) is 24.5 Å². The number of amides is 1. The summed E-state index contributed by atoms with van der Waals surface area (Å²) >= 11 is 0. The number of benzene rings is 2. The van der Waals surface area contributed by atoms with Gasteiger partial charge in [0.25, 0.3) is 11.7 Å². The number of Topliss-reactive ketones (excluding diaryl/α,β-unsaturated/α-hetero) is 1. The van der Waals surface area contributed by atoms with E-state index in [0.29, 0.717) is 34.6 Å². The second-order valence-electron chi connectivity index (χ2n) is 9.20. The van der Waals surface area contributed by atoms with E-state index in [1.165, 1.54) is 4.90 Å². The summed E-state index contributed by atoms with van der Waals surface area (Å²) < 4.78 is 10.8. The van der Waals surface area contributed by atoms with Crippen LogP contribution in [0.4, 0.5) is 0 Å². The number of hydrogen-bond acceptors (Lipinski definition) is 7. The van der Waals surface area contributed by atoms with E-state index in [-0.39, 0.29) is 24.5 Å². The molecule has 1 N–H and O–H groups in total. The highest BCUT2D eigenvalue weighted by Crippen LogP contribution is 2.40. The Balaban J connectivity index is 1.64. The van der Waals surface area contributed by atoms with Crippen LogP contribution in [-0.4, -0.2) is 45.9 Å². The first-order valence-electron chi connectivity index (χ1n) is 13.1. The third-order valence-corrected chi connectivity index (χ3v) is 6.52. The Labute approximate surface area is 227 Å². The molecule has 202 valence electrons. The summed E-state index contributed by atoms with van der Waals surface area (Å²) in [6, 6.07) is 16.1. The number of rotatable bonds is 11. The molecule has 1 atom stereocenters. The number of carbonyl (C=O) groups excluding carboxylic acids is 3. The summed E-state index contributed by atoms with van der Waals surface area (Å²) in [6.45, 7) is 4.84. The minimum absolute atomic E-state index is 0.00552. The summed E-state index contributed by atoms with van der Waals surface area (Å²) in [7, 11) is 0. The highest BCUT2D eigenvalue weighted by atomic mass is 16.5. The van der Waals surface area contributed by atoms with Crippen molar-refractivity contribution in [3.8, 4) is 5.75 Å². The van der Waals surface area contributed by atoms with Gasteiger partial charge in [0.1, 0.15) is 11.5 Å². The Morgan fingerprint density at radius 1 is 0.923 bits per heavy atom. The van der Waals surface area contributed by atoms with Crippen molar-refractivity contribution in [2.75, 3.05) is 13.2 Å². The van der Waals surface area contributed by atoms with Crippen molar-refractivity contribution in [3.63, 3.8) is 0 Å². The van der Waals surface area contributed by atoms with Crippen LogP contribution in [-0.2, 0) is 20.9 Å². The predicted octanol–water partition coefficient (Wildman–Crippen LogP) is 5.45. The van der Waals surface area contributed by atoms with Crippen molar-refractivity contribution in [1.29, 1.82) is 0 Å². The molecule has 1 aromatic heterocycles. The average molecular weight is 529 g/mol. The van der Waals surface area contributed by atoms with Crippen LogP contribution in [0.25, 0.3) is 5.76 Å². The van der Waals surface area contributed by atoms with Crippen molar-refractivity contribution in [1.82, 2.24) is 9.88 Å². The lowest BCUT2D eigenvalue weighted by atomic mass is 9.95. The molecule has 0 saturated carbocycles. The van der Waals surface area contributed by atoms with Crippen LogP contribution in [0, 0.1) is 0 Å². The first kappa shape index (κ1) is 27.6. The van der Waals surface area contributed by atoms with E-state index < -0.39 is 23.7 Å². The minimum Gasteiger partial charge on any atom is -0.507 e. The number of esters is 1. The Hall–Kier alpha value is -4.46. The predicted molar refractivity (Wildman–Crippen MR) is 146 cm³/mol. The van der Waals surface area contributed by atoms with E-state index in [4.69, 9.17) is 9.47 Å². The number of nitrogens with zero attached hydrogens (tertiary/aromatic N) is 2. The van der Waals surface area contributed by atoms with Gasteiger partial charge >= 0.3 is 5.97 Å². The van der Waals surface area contributed by atoms with Crippen molar-refractivity contribution >= 4 is 23.4 Å². The maximum absolute atomic E-state index is 13.3. The van der Waals surface area contributed by atoms with E-state index in [1.54, 1.807) is 80.0 Å². The van der Waals surface area contributed by atoms with Crippen molar-refractivity contribution in [2.24, 2.45) is 0 Å². The van der Waals surface area contributed by atoms with Gasteiger partial charge in [-0.05, 0) is 73.0 Å². The zero-order valence-corrected chi connectivity index (χ0v) is 22.1. The van der Waals surface area contributed by atoms with Crippen LogP contribution < -0.4 is 4.74 Å². The van der Waals surface area contributed by atoms with Gasteiger partial charge in [-0.2, -0.15) is 0 Å². The van der Waals surface area contributed by atoms with E-state index in [1.807, 2.05) is 0 Å². The summed E-state index contributed by atoms with van der Waals surface area (Å²) in [5.41, 5.74) is 2.17. The number of aliphatic hydroxyl groups is 1. The second-order valence-corrected chi connectivity index (χ2v) is 9.20. The first-order valence-corrected chi connectivity index (χ1v) is 13.1. The molecule has 4 rings (SSSR count). The number of ether oxygens (including phenoxy) is 2. The van der Waals surface area contributed by atoms with Gasteiger partial charge in [-0.1, -0.05) is 31.9 Å². The third kappa shape index (κ3) is 6.34. The van der Waals surface area contributed by atoms with Gasteiger partial charge < -0.3 is 19.5 Å². The SMILES string of the molecule is CCCCCOc1ccc(/C(O)=C2\C(=O)C(=O)N(Cc3ccc(C(=O)OCC)cc3)C2c2ccncc2)cc1. The fourth-order valence-electron chi connectivity index (χ4n) is 4.50. The first-order chi connectivity index (χ1) is 18.9. The topological polar surface area (TPSA) is 106 Å². The molecule has 2 heterocycles. The van der Waals surface area contributed by atoms with Crippen molar-refractivity contribution in [2.45, 2.75) is 45.7 Å². The highest BCUT2D eigenvalue weighted by Gasteiger charge is 2.46. The number of aliphatic hydroxyl groups excluding tert-OH is 1. The minimum atomic E-state index is -0.817. The second kappa shape index (κ2) is 12.9. The number of carbonyl (C=O) groups is 3. The van der Waals surface area contributed by atoms with Gasteiger partial charge in [-0.25, -0.2) is 4.79 Å². The summed E-state index contributed by atoms with van der Waals surface area (Å²) in [6.07, 6.45) is 6.30. The number of unbranched alkanes of at least 4 members (excludes halogenated alkanes) is 2. The fourth-order valence-corrected chi connectivity index (χ4v) is 4.50. The maximum Gasteiger partial charge on any atom is 0.338 e. The molecule has 1 unspecified atom stereocenters. The van der Waals surface area contributed by atoms with Crippen LogP contribution in [0.5, 0.6) is 5.75 Å². The van der Waals surface area contributed by atoms with E-state index in [2.05, 4.69) is 11.9 Å². The number of hydrogen-bond donors (Lipinski definition) is 1. The monoisotopic (exact) mass is 528 g/mol. The van der Waals surface area contributed by atoms with Crippen LogP contribution in [0.1, 0.15) is 66.2 Å². The van der Waals surface area contributed by atoms with Gasteiger partial charge in [0.15, 0.2) is 0 Å². The summed E-state index contributed by atoms with van der Waals surface area (Å²) in [5, 5.41) is 11.3. The molecule has 1 amide bonds. The van der Waals surface area contributed by atoms with Crippen molar-refractivity contribution < 1.29 is 29.0 Å². The molecule has 1 saturated heterocycles. The molecule has 0 radical (unpaired) electrons. The number of ketones is 1. The largest absolute Gasteiger partial charge is 0.507 e. The third-order valence-electron chi connectivity index (χ3n) is 6.52. The molecule has 0 aliphatic carbocycles. The lowest BCUT2D eigenvalue weighted by Crippen LogP contribution is -2.29. The molecule has 0 spiro atoms. The molecule has 8 heteroatoms. The summed E-state index contributed by atoms with van der Waals surface area (Å²) in [5.74, 6) is -1.51. The molecule has 3 aromatic rings.